The molecule has 1 unspecified atom stereocenters. The van der Waals surface area contributed by atoms with Crippen LogP contribution in [0.15, 0.2) is 34.0 Å². The first-order valence-corrected chi connectivity index (χ1v) is 8.94. The molecule has 25 heavy (non-hydrogen) atoms. The summed E-state index contributed by atoms with van der Waals surface area (Å²) in [7, 11) is -0.572. The van der Waals surface area contributed by atoms with Crippen LogP contribution in [-0.4, -0.2) is 55.5 Å². The Morgan fingerprint density at radius 3 is 2.84 bits per heavy atom. The van der Waals surface area contributed by atoms with Crippen molar-refractivity contribution in [2.75, 3.05) is 26.7 Å². The van der Waals surface area contributed by atoms with E-state index < -0.39 is 10.0 Å². The van der Waals surface area contributed by atoms with Gasteiger partial charge < -0.3 is 19.2 Å². The summed E-state index contributed by atoms with van der Waals surface area (Å²) in [6.45, 7) is 1.69. The first-order chi connectivity index (χ1) is 11.4. The lowest BCUT2D eigenvalue weighted by molar-refractivity contribution is 0.0582. The van der Waals surface area contributed by atoms with E-state index in [1.807, 2.05) is 17.8 Å². The van der Waals surface area contributed by atoms with Crippen LogP contribution in [0.4, 0.5) is 0 Å². The maximum atomic E-state index is 12.8. The highest BCUT2D eigenvalue weighted by atomic mass is 35.5. The van der Waals surface area contributed by atoms with Crippen LogP contribution in [0.25, 0.3) is 0 Å². The van der Waals surface area contributed by atoms with Gasteiger partial charge in [0.2, 0.25) is 5.09 Å². The number of nitrogens with one attached hydrogen (secondary N) is 2. The standard InChI is InChI=1S/C14H19N5O4S.ClH/c1-15-24(21,22)12-4-3-11(23-12)14(20)19-8-5-16-9-10(19)13-17-6-7-18(13)2;/h3-4,6-7,10,15-16H,5,8-9H2,1-2H3;1H. The quantitative estimate of drug-likeness (QED) is 0.769. The van der Waals surface area contributed by atoms with E-state index in [2.05, 4.69) is 15.0 Å². The number of aryl methyl sites for hydroxylation is 1. The maximum absolute atomic E-state index is 12.8. The molecule has 0 aliphatic carbocycles. The molecule has 1 saturated heterocycles. The molecule has 0 bridgehead atoms. The first kappa shape index (κ1) is 19.4. The highest BCUT2D eigenvalue weighted by Crippen LogP contribution is 2.24. The molecule has 0 aromatic carbocycles. The fraction of sp³-hybridized carbons (Fsp3) is 0.429. The first-order valence-electron chi connectivity index (χ1n) is 7.46. The third-order valence-corrected chi connectivity index (χ3v) is 5.27. The molecular formula is C14H20ClN5O4S. The molecule has 2 aromatic heterocycles. The van der Waals surface area contributed by atoms with Gasteiger partial charge in [-0.1, -0.05) is 0 Å². The van der Waals surface area contributed by atoms with E-state index >= 15 is 0 Å². The second-order valence-electron chi connectivity index (χ2n) is 5.44. The molecular weight excluding hydrogens is 370 g/mol. The molecule has 3 rings (SSSR count). The lowest BCUT2D eigenvalue weighted by atomic mass is 10.1. The molecule has 9 nitrogen and oxygen atoms in total. The minimum Gasteiger partial charge on any atom is -0.438 e. The monoisotopic (exact) mass is 389 g/mol. The second kappa shape index (κ2) is 7.56. The summed E-state index contributed by atoms with van der Waals surface area (Å²) in [5.74, 6) is 0.386. The number of sulfonamides is 1. The van der Waals surface area contributed by atoms with Crippen molar-refractivity contribution in [1.29, 1.82) is 0 Å². The van der Waals surface area contributed by atoms with Gasteiger partial charge in [-0.15, -0.1) is 12.4 Å². The van der Waals surface area contributed by atoms with E-state index in [1.54, 1.807) is 11.1 Å². The van der Waals surface area contributed by atoms with Crippen molar-refractivity contribution < 1.29 is 17.6 Å². The van der Waals surface area contributed by atoms with Gasteiger partial charge in [-0.2, -0.15) is 0 Å². The van der Waals surface area contributed by atoms with Crippen LogP contribution in [0.1, 0.15) is 22.4 Å². The Bertz CT molecular complexity index is 847. The summed E-state index contributed by atoms with van der Waals surface area (Å²) < 4.78 is 32.8. The zero-order chi connectivity index (χ0) is 17.3. The summed E-state index contributed by atoms with van der Waals surface area (Å²) in [6.07, 6.45) is 3.49. The zero-order valence-corrected chi connectivity index (χ0v) is 15.4. The Kier molecular flexibility index (Phi) is 5.88. The number of piperazine rings is 1. The summed E-state index contributed by atoms with van der Waals surface area (Å²) >= 11 is 0. The van der Waals surface area contributed by atoms with Crippen molar-refractivity contribution in [1.82, 2.24) is 24.5 Å². The molecule has 1 amide bonds. The van der Waals surface area contributed by atoms with Gasteiger partial charge in [0, 0.05) is 39.1 Å². The normalized spacial score (nSPS) is 18.0. The SMILES string of the molecule is CNS(=O)(=O)c1ccc(C(=O)N2CCNCC2c2nccn2C)o1.Cl. The van der Waals surface area contributed by atoms with Crippen LogP contribution in [0.3, 0.4) is 0 Å². The molecule has 2 N–H and O–H groups in total. The fourth-order valence-corrected chi connectivity index (χ4v) is 3.35. The Hall–Kier alpha value is -1.88. The molecule has 0 radical (unpaired) electrons. The van der Waals surface area contributed by atoms with Gasteiger partial charge in [0.25, 0.3) is 15.9 Å². The number of carbonyl (C=O) groups excluding carboxylic acids is 1. The summed E-state index contributed by atoms with van der Waals surface area (Å²) in [5.41, 5.74) is 0. The smallest absolute Gasteiger partial charge is 0.290 e. The Labute approximate surface area is 151 Å². The highest BCUT2D eigenvalue weighted by Gasteiger charge is 2.33. The van der Waals surface area contributed by atoms with E-state index in [9.17, 15) is 13.2 Å². The van der Waals surface area contributed by atoms with Gasteiger partial charge in [0.15, 0.2) is 5.76 Å². The summed E-state index contributed by atoms with van der Waals surface area (Å²) in [6, 6.07) is 2.40. The molecule has 11 heteroatoms. The third kappa shape index (κ3) is 3.71. The highest BCUT2D eigenvalue weighted by molar-refractivity contribution is 7.89. The van der Waals surface area contributed by atoms with Crippen LogP contribution in [0.5, 0.6) is 0 Å². The molecule has 1 fully saturated rings. The van der Waals surface area contributed by atoms with Crippen LogP contribution >= 0.6 is 12.4 Å². The summed E-state index contributed by atoms with van der Waals surface area (Å²) in [4.78, 5) is 18.8. The van der Waals surface area contributed by atoms with E-state index in [1.165, 1.54) is 19.2 Å². The number of furan rings is 1. The molecule has 1 atom stereocenters. The maximum Gasteiger partial charge on any atom is 0.290 e. The van der Waals surface area contributed by atoms with E-state index in [0.29, 0.717) is 19.6 Å². The van der Waals surface area contributed by atoms with Gasteiger partial charge in [-0.3, -0.25) is 4.79 Å². The third-order valence-electron chi connectivity index (χ3n) is 3.99. The van der Waals surface area contributed by atoms with Crippen molar-refractivity contribution in [2.45, 2.75) is 11.1 Å². The number of halogens is 1. The van der Waals surface area contributed by atoms with Gasteiger partial charge in [-0.05, 0) is 19.2 Å². The van der Waals surface area contributed by atoms with Crippen LogP contribution in [0, 0.1) is 0 Å². The van der Waals surface area contributed by atoms with E-state index in [-0.39, 0.29) is 35.2 Å². The number of imidazole rings is 1. The van der Waals surface area contributed by atoms with Crippen LogP contribution in [-0.2, 0) is 17.1 Å². The number of nitrogens with zero attached hydrogens (tertiary/aromatic N) is 3. The lowest BCUT2D eigenvalue weighted by Crippen LogP contribution is -2.49. The van der Waals surface area contributed by atoms with Gasteiger partial charge in [-0.25, -0.2) is 18.1 Å². The largest absolute Gasteiger partial charge is 0.438 e. The van der Waals surface area contributed by atoms with Crippen molar-refractivity contribution in [3.8, 4) is 0 Å². The number of rotatable bonds is 4. The van der Waals surface area contributed by atoms with Crippen LogP contribution < -0.4 is 10.0 Å². The topological polar surface area (TPSA) is 109 Å². The number of aromatic nitrogens is 2. The van der Waals surface area contributed by atoms with E-state index in [4.69, 9.17) is 4.42 Å². The number of hydrogen-bond acceptors (Lipinski definition) is 6. The second-order valence-corrected chi connectivity index (χ2v) is 7.26. The molecule has 3 heterocycles. The predicted molar refractivity (Wildman–Crippen MR) is 92.1 cm³/mol. The molecule has 0 spiro atoms. The zero-order valence-electron chi connectivity index (χ0n) is 13.8. The Morgan fingerprint density at radius 2 is 2.20 bits per heavy atom. The fourth-order valence-electron chi connectivity index (χ4n) is 2.70. The number of hydrogen-bond donors (Lipinski definition) is 2. The number of carbonyl (C=O) groups is 1. The predicted octanol–water partition coefficient (Wildman–Crippen LogP) is 0.130. The van der Waals surface area contributed by atoms with E-state index in [0.717, 1.165) is 5.82 Å². The average Bonchev–Trinajstić information content (AvgIpc) is 3.23. The van der Waals surface area contributed by atoms with Crippen molar-refractivity contribution >= 4 is 28.3 Å². The molecule has 1 aliphatic heterocycles. The number of amides is 1. The Balaban J connectivity index is 0.00000225. The van der Waals surface area contributed by atoms with Crippen molar-refractivity contribution in [3.63, 3.8) is 0 Å². The lowest BCUT2D eigenvalue weighted by Gasteiger charge is -2.35. The van der Waals surface area contributed by atoms with Crippen LogP contribution in [0.2, 0.25) is 0 Å². The summed E-state index contributed by atoms with van der Waals surface area (Å²) in [5, 5.41) is 2.96. The molecule has 138 valence electrons. The minimum absolute atomic E-state index is 0. The average molecular weight is 390 g/mol. The van der Waals surface area contributed by atoms with Gasteiger partial charge >= 0.3 is 0 Å². The van der Waals surface area contributed by atoms with Gasteiger partial charge in [0.1, 0.15) is 11.9 Å². The van der Waals surface area contributed by atoms with Gasteiger partial charge in [0.05, 0.1) is 0 Å². The minimum atomic E-state index is -3.72. The Morgan fingerprint density at radius 1 is 1.44 bits per heavy atom. The molecule has 2 aromatic rings. The molecule has 1 aliphatic rings. The van der Waals surface area contributed by atoms with Crippen molar-refractivity contribution in [2.24, 2.45) is 7.05 Å². The van der Waals surface area contributed by atoms with Crippen molar-refractivity contribution in [3.05, 3.63) is 36.1 Å². The molecule has 0 saturated carbocycles.